The summed E-state index contributed by atoms with van der Waals surface area (Å²) in [5.41, 5.74) is 0.704. The van der Waals surface area contributed by atoms with Crippen molar-refractivity contribution in [3.05, 3.63) is 54.3 Å². The predicted octanol–water partition coefficient (Wildman–Crippen LogP) is 3.57. The molecule has 1 N–H and O–H groups in total. The number of methoxy groups -OCH3 is 1. The van der Waals surface area contributed by atoms with E-state index < -0.39 is 0 Å². The molecule has 0 aliphatic carbocycles. The van der Waals surface area contributed by atoms with E-state index in [1.54, 1.807) is 43.5 Å². The highest BCUT2D eigenvalue weighted by Gasteiger charge is 2.04. The van der Waals surface area contributed by atoms with Gasteiger partial charge in [-0.05, 0) is 42.5 Å². The van der Waals surface area contributed by atoms with Gasteiger partial charge < -0.3 is 10.1 Å². The number of halogens is 1. The highest BCUT2D eigenvalue weighted by molar-refractivity contribution is 8.00. The summed E-state index contributed by atoms with van der Waals surface area (Å²) in [7, 11) is 1.59. The van der Waals surface area contributed by atoms with Crippen molar-refractivity contribution in [1.29, 1.82) is 0 Å². The molecule has 0 radical (unpaired) electrons. The molecule has 0 unspecified atom stereocenters. The van der Waals surface area contributed by atoms with Crippen molar-refractivity contribution in [3.8, 4) is 5.75 Å². The molecule has 0 saturated carbocycles. The smallest absolute Gasteiger partial charge is 0.234 e. The third-order valence-corrected chi connectivity index (χ3v) is 3.53. The molecule has 1 amide bonds. The Morgan fingerprint density at radius 3 is 2.65 bits per heavy atom. The Morgan fingerprint density at radius 2 is 2.00 bits per heavy atom. The number of ether oxygens (including phenoxy) is 1. The lowest BCUT2D eigenvalue weighted by Crippen LogP contribution is -2.13. The van der Waals surface area contributed by atoms with Gasteiger partial charge in [-0.15, -0.1) is 11.8 Å². The average Bonchev–Trinajstić information content (AvgIpc) is 2.46. The molecular formula is C15H14FNO2S. The van der Waals surface area contributed by atoms with E-state index in [4.69, 9.17) is 4.74 Å². The van der Waals surface area contributed by atoms with Crippen molar-refractivity contribution >= 4 is 23.4 Å². The van der Waals surface area contributed by atoms with Crippen molar-refractivity contribution in [2.24, 2.45) is 0 Å². The van der Waals surface area contributed by atoms with Gasteiger partial charge in [0.05, 0.1) is 12.9 Å². The second-order valence-corrected chi connectivity index (χ2v) is 5.07. The number of amides is 1. The summed E-state index contributed by atoms with van der Waals surface area (Å²) in [5.74, 6) is 0.530. The monoisotopic (exact) mass is 291 g/mol. The topological polar surface area (TPSA) is 38.3 Å². The molecule has 0 aromatic heterocycles. The minimum Gasteiger partial charge on any atom is -0.497 e. The Hall–Kier alpha value is -2.01. The number of nitrogens with one attached hydrogen (secondary N) is 1. The molecule has 2 aromatic rings. The van der Waals surface area contributed by atoms with E-state index in [0.717, 1.165) is 10.6 Å². The quantitative estimate of drug-likeness (QED) is 0.856. The predicted molar refractivity (Wildman–Crippen MR) is 78.7 cm³/mol. The number of benzene rings is 2. The molecule has 104 valence electrons. The number of carbonyl (C=O) groups is 1. The Kier molecular flexibility index (Phi) is 5.01. The van der Waals surface area contributed by atoms with Gasteiger partial charge >= 0.3 is 0 Å². The van der Waals surface area contributed by atoms with Crippen LogP contribution in [0.25, 0.3) is 0 Å². The third kappa shape index (κ3) is 4.28. The summed E-state index contributed by atoms with van der Waals surface area (Å²) >= 11 is 1.29. The zero-order chi connectivity index (χ0) is 14.4. The van der Waals surface area contributed by atoms with Crippen LogP contribution in [0.1, 0.15) is 0 Å². The summed E-state index contributed by atoms with van der Waals surface area (Å²) in [6, 6.07) is 13.3. The molecular weight excluding hydrogens is 277 g/mol. The number of hydrogen-bond acceptors (Lipinski definition) is 3. The summed E-state index contributed by atoms with van der Waals surface area (Å²) in [5, 5.41) is 2.77. The molecule has 0 saturated heterocycles. The Morgan fingerprint density at radius 1 is 1.25 bits per heavy atom. The number of hydrogen-bond donors (Lipinski definition) is 1. The first-order valence-corrected chi connectivity index (χ1v) is 6.98. The molecule has 0 aliphatic rings. The van der Waals surface area contributed by atoms with Crippen LogP contribution < -0.4 is 10.1 Å². The molecule has 0 aliphatic heterocycles. The summed E-state index contributed by atoms with van der Waals surface area (Å²) in [6.45, 7) is 0. The van der Waals surface area contributed by atoms with Crippen molar-refractivity contribution < 1.29 is 13.9 Å². The summed E-state index contributed by atoms with van der Waals surface area (Å²) < 4.78 is 18.0. The molecule has 2 aromatic carbocycles. The van der Waals surface area contributed by atoms with E-state index in [-0.39, 0.29) is 17.5 Å². The van der Waals surface area contributed by atoms with Crippen LogP contribution in [0.3, 0.4) is 0 Å². The minimum absolute atomic E-state index is 0.135. The zero-order valence-electron chi connectivity index (χ0n) is 10.9. The van der Waals surface area contributed by atoms with Crippen LogP contribution in [0.2, 0.25) is 0 Å². The summed E-state index contributed by atoms with van der Waals surface area (Å²) in [4.78, 5) is 12.5. The third-order valence-electron chi connectivity index (χ3n) is 2.54. The molecule has 2 rings (SSSR count). The maximum Gasteiger partial charge on any atom is 0.234 e. The van der Waals surface area contributed by atoms with Gasteiger partial charge in [-0.1, -0.05) is 6.07 Å². The molecule has 0 atom stereocenters. The van der Waals surface area contributed by atoms with Crippen LogP contribution in [-0.4, -0.2) is 18.8 Å². The lowest BCUT2D eigenvalue weighted by Gasteiger charge is -2.06. The standard InChI is InChI=1S/C15H14FNO2S/c1-19-13-7-5-12(6-8-13)17-15(18)10-20-14-4-2-3-11(16)9-14/h2-9H,10H2,1H3,(H,17,18). The van der Waals surface area contributed by atoms with Crippen LogP contribution in [0.15, 0.2) is 53.4 Å². The first-order chi connectivity index (χ1) is 9.67. The molecule has 5 heteroatoms. The minimum atomic E-state index is -0.300. The largest absolute Gasteiger partial charge is 0.497 e. The van der Waals surface area contributed by atoms with E-state index >= 15 is 0 Å². The van der Waals surface area contributed by atoms with E-state index in [1.807, 2.05) is 0 Å². The Bertz CT molecular complexity index is 587. The molecule has 0 fully saturated rings. The van der Waals surface area contributed by atoms with Crippen molar-refractivity contribution in [2.45, 2.75) is 4.90 Å². The molecule has 0 bridgehead atoms. The lowest BCUT2D eigenvalue weighted by atomic mass is 10.3. The summed E-state index contributed by atoms with van der Waals surface area (Å²) in [6.07, 6.45) is 0. The maximum absolute atomic E-state index is 13.0. The van der Waals surface area contributed by atoms with Gasteiger partial charge in [0.25, 0.3) is 0 Å². The van der Waals surface area contributed by atoms with Crippen LogP contribution in [0.4, 0.5) is 10.1 Å². The van der Waals surface area contributed by atoms with E-state index in [1.165, 1.54) is 23.9 Å². The fourth-order valence-electron chi connectivity index (χ4n) is 1.58. The zero-order valence-corrected chi connectivity index (χ0v) is 11.7. The number of rotatable bonds is 5. The maximum atomic E-state index is 13.0. The molecule has 20 heavy (non-hydrogen) atoms. The second kappa shape index (κ2) is 6.96. The van der Waals surface area contributed by atoms with Crippen LogP contribution in [-0.2, 0) is 4.79 Å². The van der Waals surface area contributed by atoms with Gasteiger partial charge in [0.15, 0.2) is 0 Å². The molecule has 0 heterocycles. The number of thioether (sulfide) groups is 1. The van der Waals surface area contributed by atoms with Crippen LogP contribution in [0.5, 0.6) is 5.75 Å². The van der Waals surface area contributed by atoms with Gasteiger partial charge in [-0.3, -0.25) is 4.79 Å². The van der Waals surface area contributed by atoms with Gasteiger partial charge in [-0.2, -0.15) is 0 Å². The normalized spacial score (nSPS) is 10.1. The van der Waals surface area contributed by atoms with Gasteiger partial charge in [0, 0.05) is 10.6 Å². The van der Waals surface area contributed by atoms with Crippen molar-refractivity contribution in [1.82, 2.24) is 0 Å². The first-order valence-electron chi connectivity index (χ1n) is 5.99. The highest BCUT2D eigenvalue weighted by Crippen LogP contribution is 2.19. The average molecular weight is 291 g/mol. The molecule has 3 nitrogen and oxygen atoms in total. The van der Waals surface area contributed by atoms with Crippen molar-refractivity contribution in [2.75, 3.05) is 18.2 Å². The second-order valence-electron chi connectivity index (χ2n) is 4.02. The number of anilines is 1. The Balaban J connectivity index is 1.85. The van der Waals surface area contributed by atoms with Crippen LogP contribution >= 0.6 is 11.8 Å². The van der Waals surface area contributed by atoms with Crippen LogP contribution in [0, 0.1) is 5.82 Å². The number of carbonyl (C=O) groups excluding carboxylic acids is 1. The van der Waals surface area contributed by atoms with E-state index in [0.29, 0.717) is 5.69 Å². The molecule has 0 spiro atoms. The van der Waals surface area contributed by atoms with Gasteiger partial charge in [0.2, 0.25) is 5.91 Å². The SMILES string of the molecule is COc1ccc(NC(=O)CSc2cccc(F)c2)cc1. The van der Waals surface area contributed by atoms with Gasteiger partial charge in [-0.25, -0.2) is 4.39 Å². The van der Waals surface area contributed by atoms with E-state index in [2.05, 4.69) is 5.32 Å². The van der Waals surface area contributed by atoms with E-state index in [9.17, 15) is 9.18 Å². The Labute approximate surface area is 121 Å². The fraction of sp³-hybridized carbons (Fsp3) is 0.133. The lowest BCUT2D eigenvalue weighted by molar-refractivity contribution is -0.113. The fourth-order valence-corrected chi connectivity index (χ4v) is 2.32. The highest BCUT2D eigenvalue weighted by atomic mass is 32.2. The van der Waals surface area contributed by atoms with Gasteiger partial charge in [0.1, 0.15) is 11.6 Å². The van der Waals surface area contributed by atoms with Crippen molar-refractivity contribution in [3.63, 3.8) is 0 Å². The first kappa shape index (κ1) is 14.4.